The van der Waals surface area contributed by atoms with Gasteiger partial charge in [0.05, 0.1) is 6.42 Å². The molecule has 1 aromatic carbocycles. The Morgan fingerprint density at radius 1 is 1.50 bits per heavy atom. The molecule has 2 nitrogen and oxygen atoms in total. The number of benzene rings is 1. The molecule has 0 aliphatic carbocycles. The molecule has 0 saturated carbocycles. The first-order valence-electron chi connectivity index (χ1n) is 5.18. The molecule has 0 N–H and O–H groups in total. The number of carbonyl (C=O) groups excluding carboxylic acids is 1. The Morgan fingerprint density at radius 2 is 2.25 bits per heavy atom. The molecule has 0 spiro atoms. The highest BCUT2D eigenvalue weighted by molar-refractivity contribution is 7.99. The fourth-order valence-electron chi connectivity index (χ4n) is 1.20. The molecule has 0 aliphatic heterocycles. The van der Waals surface area contributed by atoms with E-state index in [-0.39, 0.29) is 5.97 Å². The molecule has 1 aromatic rings. The molecule has 88 valence electrons. The molecule has 0 atom stereocenters. The molecular formula is C12H15ClO2S. The maximum Gasteiger partial charge on any atom is 0.312 e. The van der Waals surface area contributed by atoms with Gasteiger partial charge in [-0.15, -0.1) is 0 Å². The van der Waals surface area contributed by atoms with Gasteiger partial charge in [0.1, 0.15) is 5.75 Å². The van der Waals surface area contributed by atoms with Crippen LogP contribution in [0.5, 0.6) is 5.75 Å². The molecule has 0 radical (unpaired) electrons. The quantitative estimate of drug-likeness (QED) is 0.458. The minimum atomic E-state index is -0.189. The molecule has 0 bridgehead atoms. The Kier molecular flexibility index (Phi) is 5.71. The fourth-order valence-corrected chi connectivity index (χ4v) is 2.03. The third-order valence-electron chi connectivity index (χ3n) is 2.02. The Balaban J connectivity index is 2.49. The lowest BCUT2D eigenvalue weighted by molar-refractivity contribution is -0.133. The van der Waals surface area contributed by atoms with Gasteiger partial charge in [-0.1, -0.05) is 18.5 Å². The summed E-state index contributed by atoms with van der Waals surface area (Å²) in [5, 5.41) is 0.652. The van der Waals surface area contributed by atoms with E-state index in [4.69, 9.17) is 16.3 Å². The number of ether oxygens (including phenoxy) is 1. The first-order chi connectivity index (χ1) is 7.63. The number of carbonyl (C=O) groups is 1. The van der Waals surface area contributed by atoms with Crippen LogP contribution in [-0.2, 0) is 4.79 Å². The lowest BCUT2D eigenvalue weighted by atomic mass is 10.2. The van der Waals surface area contributed by atoms with Gasteiger partial charge in [-0.3, -0.25) is 4.79 Å². The molecular weight excluding hydrogens is 244 g/mol. The summed E-state index contributed by atoms with van der Waals surface area (Å²) in [6, 6.07) is 5.23. The minimum Gasteiger partial charge on any atom is -0.426 e. The van der Waals surface area contributed by atoms with Gasteiger partial charge in [-0.2, -0.15) is 11.8 Å². The summed E-state index contributed by atoms with van der Waals surface area (Å²) in [5.74, 6) is 2.23. The second-order valence-corrected chi connectivity index (χ2v) is 5.16. The molecule has 1 rings (SSSR count). The smallest absolute Gasteiger partial charge is 0.312 e. The van der Waals surface area contributed by atoms with Crippen molar-refractivity contribution in [2.75, 3.05) is 11.5 Å². The molecule has 0 aliphatic rings. The molecule has 0 saturated heterocycles. The summed E-state index contributed by atoms with van der Waals surface area (Å²) in [7, 11) is 0. The Morgan fingerprint density at radius 3 is 2.88 bits per heavy atom. The highest BCUT2D eigenvalue weighted by Crippen LogP contribution is 2.22. The van der Waals surface area contributed by atoms with Crippen LogP contribution in [0.15, 0.2) is 18.2 Å². The van der Waals surface area contributed by atoms with Crippen LogP contribution in [0, 0.1) is 6.92 Å². The van der Waals surface area contributed by atoms with E-state index in [2.05, 4.69) is 6.92 Å². The number of rotatable bonds is 5. The largest absolute Gasteiger partial charge is 0.426 e. The number of hydrogen-bond donors (Lipinski definition) is 0. The van der Waals surface area contributed by atoms with E-state index >= 15 is 0 Å². The van der Waals surface area contributed by atoms with E-state index in [1.54, 1.807) is 30.0 Å². The van der Waals surface area contributed by atoms with Gasteiger partial charge in [0.25, 0.3) is 0 Å². The maximum absolute atomic E-state index is 11.5. The molecule has 4 heteroatoms. The molecule has 16 heavy (non-hydrogen) atoms. The summed E-state index contributed by atoms with van der Waals surface area (Å²) >= 11 is 7.54. The molecule has 0 fully saturated rings. The van der Waals surface area contributed by atoms with E-state index in [9.17, 15) is 4.79 Å². The van der Waals surface area contributed by atoms with Crippen molar-refractivity contribution in [2.24, 2.45) is 0 Å². The SMILES string of the molecule is CCSCCC(=O)Oc1ccc(Cl)cc1C. The monoisotopic (exact) mass is 258 g/mol. The third-order valence-corrected chi connectivity index (χ3v) is 3.15. The van der Waals surface area contributed by atoms with Crippen LogP contribution in [0.4, 0.5) is 0 Å². The van der Waals surface area contributed by atoms with Crippen molar-refractivity contribution >= 4 is 29.3 Å². The molecule has 0 heterocycles. The zero-order chi connectivity index (χ0) is 12.0. The van der Waals surface area contributed by atoms with Gasteiger partial charge in [0, 0.05) is 10.8 Å². The number of hydrogen-bond acceptors (Lipinski definition) is 3. The number of esters is 1. The lowest BCUT2D eigenvalue weighted by Gasteiger charge is -2.07. The van der Waals surface area contributed by atoms with E-state index in [1.807, 2.05) is 6.92 Å². The lowest BCUT2D eigenvalue weighted by Crippen LogP contribution is -2.09. The zero-order valence-corrected chi connectivity index (χ0v) is 11.0. The number of aryl methyl sites for hydroxylation is 1. The summed E-state index contributed by atoms with van der Waals surface area (Å²) in [6.45, 7) is 3.94. The van der Waals surface area contributed by atoms with Gasteiger partial charge in [-0.25, -0.2) is 0 Å². The second kappa shape index (κ2) is 6.81. The third kappa shape index (κ3) is 4.45. The second-order valence-electron chi connectivity index (χ2n) is 3.33. The molecule has 0 amide bonds. The summed E-state index contributed by atoms with van der Waals surface area (Å²) < 4.78 is 5.24. The van der Waals surface area contributed by atoms with Crippen molar-refractivity contribution in [1.29, 1.82) is 0 Å². The first-order valence-corrected chi connectivity index (χ1v) is 6.71. The predicted octanol–water partition coefficient (Wildman–Crippen LogP) is 3.70. The van der Waals surface area contributed by atoms with Gasteiger partial charge < -0.3 is 4.74 Å². The van der Waals surface area contributed by atoms with Crippen molar-refractivity contribution in [2.45, 2.75) is 20.3 Å². The van der Waals surface area contributed by atoms with Crippen molar-refractivity contribution in [1.82, 2.24) is 0 Å². The van der Waals surface area contributed by atoms with Crippen LogP contribution in [0.3, 0.4) is 0 Å². The van der Waals surface area contributed by atoms with Crippen LogP contribution in [0.25, 0.3) is 0 Å². The zero-order valence-electron chi connectivity index (χ0n) is 9.46. The summed E-state index contributed by atoms with van der Waals surface area (Å²) in [5.41, 5.74) is 0.879. The van der Waals surface area contributed by atoms with Crippen molar-refractivity contribution < 1.29 is 9.53 Å². The Hall–Kier alpha value is -0.670. The molecule has 0 aromatic heterocycles. The minimum absolute atomic E-state index is 0.189. The van der Waals surface area contributed by atoms with Crippen LogP contribution in [0.1, 0.15) is 18.9 Å². The number of thioether (sulfide) groups is 1. The predicted molar refractivity (Wildman–Crippen MR) is 69.4 cm³/mol. The van der Waals surface area contributed by atoms with Crippen LogP contribution in [0.2, 0.25) is 5.02 Å². The Bertz CT molecular complexity index is 366. The van der Waals surface area contributed by atoms with Crippen molar-refractivity contribution in [3.8, 4) is 5.75 Å². The van der Waals surface area contributed by atoms with Gasteiger partial charge in [-0.05, 0) is 36.4 Å². The van der Waals surface area contributed by atoms with E-state index < -0.39 is 0 Å². The highest BCUT2D eigenvalue weighted by Gasteiger charge is 2.07. The number of halogens is 1. The van der Waals surface area contributed by atoms with E-state index in [0.29, 0.717) is 17.2 Å². The van der Waals surface area contributed by atoms with Crippen LogP contribution in [-0.4, -0.2) is 17.5 Å². The van der Waals surface area contributed by atoms with Crippen LogP contribution < -0.4 is 4.74 Å². The first kappa shape index (κ1) is 13.4. The standard InChI is InChI=1S/C12H15ClO2S/c1-3-16-7-6-12(14)15-11-5-4-10(13)8-9(11)2/h4-5,8H,3,6-7H2,1-2H3. The maximum atomic E-state index is 11.5. The van der Waals surface area contributed by atoms with E-state index in [1.165, 1.54) is 0 Å². The van der Waals surface area contributed by atoms with E-state index in [0.717, 1.165) is 17.1 Å². The van der Waals surface area contributed by atoms with Crippen molar-refractivity contribution in [3.05, 3.63) is 28.8 Å². The van der Waals surface area contributed by atoms with Crippen molar-refractivity contribution in [3.63, 3.8) is 0 Å². The normalized spacial score (nSPS) is 10.2. The highest BCUT2D eigenvalue weighted by atomic mass is 35.5. The average Bonchev–Trinajstić information content (AvgIpc) is 2.23. The van der Waals surface area contributed by atoms with Gasteiger partial charge in [0.15, 0.2) is 0 Å². The fraction of sp³-hybridized carbons (Fsp3) is 0.417. The van der Waals surface area contributed by atoms with Gasteiger partial charge >= 0.3 is 5.97 Å². The van der Waals surface area contributed by atoms with Gasteiger partial charge in [0.2, 0.25) is 0 Å². The van der Waals surface area contributed by atoms with Crippen LogP contribution >= 0.6 is 23.4 Å². The Labute approximate surface area is 105 Å². The molecule has 0 unspecified atom stereocenters. The topological polar surface area (TPSA) is 26.3 Å². The summed E-state index contributed by atoms with van der Waals surface area (Å²) in [4.78, 5) is 11.5. The summed E-state index contributed by atoms with van der Waals surface area (Å²) in [6.07, 6.45) is 0.445. The average molecular weight is 259 g/mol.